The first-order chi connectivity index (χ1) is 7.84. The van der Waals surface area contributed by atoms with Gasteiger partial charge in [0.25, 0.3) is 0 Å². The van der Waals surface area contributed by atoms with Crippen LogP contribution in [0.4, 0.5) is 0 Å². The minimum Gasteiger partial charge on any atom is -0.316 e. The summed E-state index contributed by atoms with van der Waals surface area (Å²) in [5.74, 6) is 2.51. The van der Waals surface area contributed by atoms with E-state index in [2.05, 4.69) is 30.2 Å². The van der Waals surface area contributed by atoms with Gasteiger partial charge in [0.15, 0.2) is 0 Å². The summed E-state index contributed by atoms with van der Waals surface area (Å²) < 4.78 is 0. The van der Waals surface area contributed by atoms with Gasteiger partial charge in [-0.2, -0.15) is 11.8 Å². The monoisotopic (exact) mass is 238 g/mol. The first-order valence-electron chi connectivity index (χ1n) is 6.02. The van der Waals surface area contributed by atoms with Gasteiger partial charge in [-0.3, -0.25) is 4.98 Å². The fraction of sp³-hybridized carbons (Fsp3) is 0.615. The second-order valence-electron chi connectivity index (χ2n) is 3.85. The number of aryl methyl sites for hydroxylation is 1. The molecule has 90 valence electrons. The maximum atomic E-state index is 4.10. The van der Waals surface area contributed by atoms with Crippen LogP contribution in [0.3, 0.4) is 0 Å². The second-order valence-corrected chi connectivity index (χ2v) is 5.25. The van der Waals surface area contributed by atoms with Crippen LogP contribution in [0, 0.1) is 6.92 Å². The summed E-state index contributed by atoms with van der Waals surface area (Å²) in [5.41, 5.74) is 2.70. The van der Waals surface area contributed by atoms with E-state index in [1.165, 1.54) is 29.1 Å². The summed E-state index contributed by atoms with van der Waals surface area (Å²) in [6.07, 6.45) is 6.19. The fourth-order valence-electron chi connectivity index (χ4n) is 1.57. The second kappa shape index (κ2) is 8.59. The van der Waals surface area contributed by atoms with Gasteiger partial charge < -0.3 is 5.32 Å². The van der Waals surface area contributed by atoms with Gasteiger partial charge in [-0.1, -0.05) is 6.92 Å². The first-order valence-corrected chi connectivity index (χ1v) is 7.18. The molecular formula is C13H22N2S. The van der Waals surface area contributed by atoms with Crippen LogP contribution in [0.1, 0.15) is 24.5 Å². The average molecular weight is 238 g/mol. The molecule has 3 heteroatoms. The SMILES string of the molecule is CCSCCCNCCc1ccncc1C. The van der Waals surface area contributed by atoms with Gasteiger partial charge in [-0.25, -0.2) is 0 Å². The molecule has 1 aromatic rings. The van der Waals surface area contributed by atoms with Gasteiger partial charge in [-0.05, 0) is 61.6 Å². The third-order valence-corrected chi connectivity index (χ3v) is 3.54. The number of thioether (sulfide) groups is 1. The summed E-state index contributed by atoms with van der Waals surface area (Å²) in [7, 11) is 0. The zero-order valence-corrected chi connectivity index (χ0v) is 11.1. The summed E-state index contributed by atoms with van der Waals surface area (Å²) >= 11 is 2.02. The van der Waals surface area contributed by atoms with Crippen LogP contribution < -0.4 is 5.32 Å². The Morgan fingerprint density at radius 2 is 2.25 bits per heavy atom. The molecule has 0 saturated heterocycles. The molecule has 0 aromatic carbocycles. The Kier molecular flexibility index (Phi) is 7.26. The molecule has 0 spiro atoms. The van der Waals surface area contributed by atoms with Gasteiger partial charge >= 0.3 is 0 Å². The summed E-state index contributed by atoms with van der Waals surface area (Å²) in [6, 6.07) is 2.12. The van der Waals surface area contributed by atoms with Gasteiger partial charge in [0.05, 0.1) is 0 Å². The lowest BCUT2D eigenvalue weighted by molar-refractivity contribution is 0.673. The Morgan fingerprint density at radius 1 is 1.38 bits per heavy atom. The lowest BCUT2D eigenvalue weighted by atomic mass is 10.1. The van der Waals surface area contributed by atoms with E-state index in [0.29, 0.717) is 0 Å². The smallest absolute Gasteiger partial charge is 0.0299 e. The fourth-order valence-corrected chi connectivity index (χ4v) is 2.21. The molecule has 1 aromatic heterocycles. The molecule has 0 radical (unpaired) electrons. The highest BCUT2D eigenvalue weighted by Crippen LogP contribution is 2.05. The third kappa shape index (κ3) is 5.52. The van der Waals surface area contributed by atoms with Crippen molar-refractivity contribution in [1.82, 2.24) is 10.3 Å². The predicted molar refractivity (Wildman–Crippen MR) is 73.2 cm³/mol. The predicted octanol–water partition coefficient (Wildman–Crippen LogP) is 2.67. The standard InChI is InChI=1S/C13H22N2S/c1-3-16-10-4-7-14-8-5-13-6-9-15-11-12(13)2/h6,9,11,14H,3-5,7-8,10H2,1-2H3. The van der Waals surface area contributed by atoms with Gasteiger partial charge in [0.1, 0.15) is 0 Å². The minimum atomic E-state index is 1.07. The number of aromatic nitrogens is 1. The van der Waals surface area contributed by atoms with E-state index in [1.54, 1.807) is 0 Å². The number of pyridine rings is 1. The lowest BCUT2D eigenvalue weighted by Crippen LogP contribution is -2.19. The number of nitrogens with one attached hydrogen (secondary N) is 1. The molecule has 0 atom stereocenters. The Morgan fingerprint density at radius 3 is 3.00 bits per heavy atom. The van der Waals surface area contributed by atoms with E-state index in [4.69, 9.17) is 0 Å². The molecular weight excluding hydrogens is 216 g/mol. The molecule has 1 N–H and O–H groups in total. The molecule has 0 aliphatic carbocycles. The zero-order chi connectivity index (χ0) is 11.6. The largest absolute Gasteiger partial charge is 0.316 e. The van der Waals surface area contributed by atoms with Crippen LogP contribution >= 0.6 is 11.8 Å². The molecule has 0 amide bonds. The molecule has 0 aliphatic heterocycles. The number of rotatable bonds is 8. The minimum absolute atomic E-state index is 1.07. The van der Waals surface area contributed by atoms with E-state index >= 15 is 0 Å². The number of nitrogens with zero attached hydrogens (tertiary/aromatic N) is 1. The van der Waals surface area contributed by atoms with E-state index in [-0.39, 0.29) is 0 Å². The molecule has 1 rings (SSSR count). The Labute approximate surface area is 103 Å². The highest BCUT2D eigenvalue weighted by atomic mass is 32.2. The third-order valence-electron chi connectivity index (χ3n) is 2.55. The molecule has 1 heterocycles. The van der Waals surface area contributed by atoms with Crippen LogP contribution in [0.15, 0.2) is 18.5 Å². The average Bonchev–Trinajstić information content (AvgIpc) is 2.30. The zero-order valence-electron chi connectivity index (χ0n) is 10.3. The normalized spacial score (nSPS) is 10.6. The van der Waals surface area contributed by atoms with E-state index < -0.39 is 0 Å². The van der Waals surface area contributed by atoms with Crippen LogP contribution in [0.25, 0.3) is 0 Å². The lowest BCUT2D eigenvalue weighted by Gasteiger charge is -2.06. The van der Waals surface area contributed by atoms with Crippen molar-refractivity contribution in [3.63, 3.8) is 0 Å². The Bertz CT molecular complexity index is 289. The number of hydrogen-bond donors (Lipinski definition) is 1. The summed E-state index contributed by atoms with van der Waals surface area (Å²) in [6.45, 7) is 6.54. The molecule has 0 unspecified atom stereocenters. The van der Waals surface area contributed by atoms with Crippen molar-refractivity contribution in [3.8, 4) is 0 Å². The maximum absolute atomic E-state index is 4.10. The van der Waals surface area contributed by atoms with E-state index in [9.17, 15) is 0 Å². The molecule has 0 fully saturated rings. The van der Waals surface area contributed by atoms with E-state index in [1.807, 2.05) is 24.2 Å². The highest BCUT2D eigenvalue weighted by Gasteiger charge is 1.96. The van der Waals surface area contributed by atoms with Crippen molar-refractivity contribution in [2.45, 2.75) is 26.7 Å². The molecule has 16 heavy (non-hydrogen) atoms. The number of hydrogen-bond acceptors (Lipinski definition) is 3. The van der Waals surface area contributed by atoms with Crippen LogP contribution in [0.2, 0.25) is 0 Å². The van der Waals surface area contributed by atoms with Gasteiger partial charge in [0, 0.05) is 12.4 Å². The van der Waals surface area contributed by atoms with Crippen molar-refractivity contribution in [3.05, 3.63) is 29.6 Å². The van der Waals surface area contributed by atoms with Crippen LogP contribution in [-0.4, -0.2) is 29.6 Å². The van der Waals surface area contributed by atoms with Crippen molar-refractivity contribution in [2.75, 3.05) is 24.6 Å². The maximum Gasteiger partial charge on any atom is 0.0299 e. The molecule has 0 saturated carbocycles. The van der Waals surface area contributed by atoms with Crippen LogP contribution in [-0.2, 0) is 6.42 Å². The summed E-state index contributed by atoms with van der Waals surface area (Å²) in [5, 5.41) is 3.49. The van der Waals surface area contributed by atoms with Crippen molar-refractivity contribution < 1.29 is 0 Å². The first kappa shape index (κ1) is 13.5. The topological polar surface area (TPSA) is 24.9 Å². The van der Waals surface area contributed by atoms with Gasteiger partial charge in [-0.15, -0.1) is 0 Å². The van der Waals surface area contributed by atoms with Crippen LogP contribution in [0.5, 0.6) is 0 Å². The molecule has 0 bridgehead atoms. The van der Waals surface area contributed by atoms with Crippen molar-refractivity contribution in [1.29, 1.82) is 0 Å². The van der Waals surface area contributed by atoms with Crippen molar-refractivity contribution in [2.24, 2.45) is 0 Å². The summed E-state index contributed by atoms with van der Waals surface area (Å²) in [4.78, 5) is 4.10. The van der Waals surface area contributed by atoms with E-state index in [0.717, 1.165) is 19.5 Å². The van der Waals surface area contributed by atoms with Gasteiger partial charge in [0.2, 0.25) is 0 Å². The Balaban J connectivity index is 2.05. The highest BCUT2D eigenvalue weighted by molar-refractivity contribution is 7.99. The Hall–Kier alpha value is -0.540. The van der Waals surface area contributed by atoms with Crippen molar-refractivity contribution >= 4 is 11.8 Å². The quantitative estimate of drug-likeness (QED) is 0.705. The molecule has 0 aliphatic rings. The molecule has 2 nitrogen and oxygen atoms in total.